The Morgan fingerprint density at radius 3 is 2.45 bits per heavy atom. The highest BCUT2D eigenvalue weighted by Gasteiger charge is 2.35. The van der Waals surface area contributed by atoms with Gasteiger partial charge >= 0.3 is 6.18 Å². The molecule has 0 spiro atoms. The number of alkyl halides is 4. The van der Waals surface area contributed by atoms with Crippen LogP contribution in [0.4, 0.5) is 18.9 Å². The molecule has 1 rings (SSSR count). The number of benzene rings is 1. The average molecular weight is 354 g/mol. The summed E-state index contributed by atoms with van der Waals surface area (Å²) < 4.78 is 44.8. The Labute approximate surface area is 126 Å². The third-order valence-corrected chi connectivity index (χ3v) is 3.76. The van der Waals surface area contributed by atoms with Gasteiger partial charge in [0.05, 0.1) is 12.2 Å². The van der Waals surface area contributed by atoms with Crippen molar-refractivity contribution >= 4 is 21.6 Å². The van der Waals surface area contributed by atoms with E-state index >= 15 is 0 Å². The minimum atomic E-state index is -4.37. The fraction of sp³-hybridized carbons (Fsp3) is 0.571. The molecule has 2 nitrogen and oxygen atoms in total. The van der Waals surface area contributed by atoms with Crippen molar-refractivity contribution in [3.8, 4) is 0 Å². The molecular formula is C14H19BrF3NO. The minimum absolute atomic E-state index is 0.124. The molecule has 0 fully saturated rings. The summed E-state index contributed by atoms with van der Waals surface area (Å²) >= 11 is 3.19. The van der Waals surface area contributed by atoms with Crippen LogP contribution < -0.4 is 4.90 Å². The van der Waals surface area contributed by atoms with Gasteiger partial charge in [0.1, 0.15) is 0 Å². The summed E-state index contributed by atoms with van der Waals surface area (Å²) in [4.78, 5) is 1.71. The first kappa shape index (κ1) is 17.3. The number of hydrogen-bond donors (Lipinski definition) is 0. The summed E-state index contributed by atoms with van der Waals surface area (Å²) in [6, 6.07) is 4.32. The maximum absolute atomic E-state index is 13.2. The third kappa shape index (κ3) is 4.12. The lowest BCUT2D eigenvalue weighted by Crippen LogP contribution is -2.37. The molecule has 0 aliphatic rings. The van der Waals surface area contributed by atoms with Gasteiger partial charge in [-0.25, -0.2) is 0 Å². The molecule has 0 amide bonds. The highest BCUT2D eigenvalue weighted by molar-refractivity contribution is 9.08. The van der Waals surface area contributed by atoms with E-state index in [1.54, 1.807) is 18.1 Å². The standard InChI is InChI=1S/C14H19BrF3NO/c1-4-19(10(2)9-20-3)13-6-5-11(8-15)7-12(13)14(16,17)18/h5-7,10H,4,8-9H2,1-3H3. The Hall–Kier alpha value is -0.750. The third-order valence-electron chi connectivity index (χ3n) is 3.11. The van der Waals surface area contributed by atoms with E-state index in [1.165, 1.54) is 12.1 Å². The molecule has 0 aliphatic heterocycles. The van der Waals surface area contributed by atoms with Crippen molar-refractivity contribution in [2.24, 2.45) is 0 Å². The van der Waals surface area contributed by atoms with Gasteiger partial charge in [-0.2, -0.15) is 13.2 Å². The van der Waals surface area contributed by atoms with Crippen LogP contribution in [0.2, 0.25) is 0 Å². The monoisotopic (exact) mass is 353 g/mol. The number of rotatable bonds is 6. The van der Waals surface area contributed by atoms with E-state index in [-0.39, 0.29) is 11.7 Å². The van der Waals surface area contributed by atoms with Gasteiger partial charge in [0.2, 0.25) is 0 Å². The van der Waals surface area contributed by atoms with Gasteiger partial charge in [0.25, 0.3) is 0 Å². The maximum Gasteiger partial charge on any atom is 0.418 e. The number of ether oxygens (including phenoxy) is 1. The Balaban J connectivity index is 3.27. The van der Waals surface area contributed by atoms with Crippen LogP contribution in [0.1, 0.15) is 25.0 Å². The molecule has 1 atom stereocenters. The second kappa shape index (κ2) is 7.31. The minimum Gasteiger partial charge on any atom is -0.383 e. The van der Waals surface area contributed by atoms with Crippen LogP contribution >= 0.6 is 15.9 Å². The lowest BCUT2D eigenvalue weighted by molar-refractivity contribution is -0.137. The summed E-state index contributed by atoms with van der Waals surface area (Å²) in [5, 5.41) is 0.399. The molecule has 0 heterocycles. The Morgan fingerprint density at radius 1 is 1.35 bits per heavy atom. The molecule has 20 heavy (non-hydrogen) atoms. The number of halogens is 4. The summed E-state index contributed by atoms with van der Waals surface area (Å²) in [6.45, 7) is 4.56. The summed E-state index contributed by atoms with van der Waals surface area (Å²) in [6.07, 6.45) is -4.37. The van der Waals surface area contributed by atoms with Crippen molar-refractivity contribution in [1.29, 1.82) is 0 Å². The second-order valence-corrected chi connectivity index (χ2v) is 5.13. The molecule has 0 radical (unpaired) electrons. The largest absolute Gasteiger partial charge is 0.418 e. The molecule has 6 heteroatoms. The fourth-order valence-corrected chi connectivity index (χ4v) is 2.54. The molecule has 0 N–H and O–H groups in total. The lowest BCUT2D eigenvalue weighted by atomic mass is 10.1. The van der Waals surface area contributed by atoms with E-state index in [9.17, 15) is 13.2 Å². The van der Waals surface area contributed by atoms with Crippen molar-refractivity contribution in [2.45, 2.75) is 31.4 Å². The van der Waals surface area contributed by atoms with Crippen LogP contribution in [-0.4, -0.2) is 26.3 Å². The van der Waals surface area contributed by atoms with E-state index in [0.29, 0.717) is 24.0 Å². The molecule has 0 saturated heterocycles. The highest BCUT2D eigenvalue weighted by atomic mass is 79.9. The number of methoxy groups -OCH3 is 1. The number of hydrogen-bond acceptors (Lipinski definition) is 2. The highest BCUT2D eigenvalue weighted by Crippen LogP contribution is 2.38. The van der Waals surface area contributed by atoms with E-state index in [0.717, 1.165) is 0 Å². The Bertz CT molecular complexity index is 437. The van der Waals surface area contributed by atoms with Crippen molar-refractivity contribution in [2.75, 3.05) is 25.2 Å². The van der Waals surface area contributed by atoms with Crippen LogP contribution in [0.3, 0.4) is 0 Å². The topological polar surface area (TPSA) is 12.5 Å². The van der Waals surface area contributed by atoms with Gasteiger partial charge in [0.15, 0.2) is 0 Å². The number of anilines is 1. The zero-order valence-corrected chi connectivity index (χ0v) is 13.4. The molecule has 0 aromatic heterocycles. The summed E-state index contributed by atoms with van der Waals surface area (Å²) in [5.41, 5.74) is 0.213. The van der Waals surface area contributed by atoms with Gasteiger partial charge < -0.3 is 9.64 Å². The van der Waals surface area contributed by atoms with Crippen molar-refractivity contribution in [3.05, 3.63) is 29.3 Å². The molecular weight excluding hydrogens is 335 g/mol. The van der Waals surface area contributed by atoms with Crippen LogP contribution in [0, 0.1) is 0 Å². The molecule has 114 valence electrons. The predicted molar refractivity (Wildman–Crippen MR) is 78.4 cm³/mol. The van der Waals surface area contributed by atoms with Crippen LogP contribution in [-0.2, 0) is 16.2 Å². The van der Waals surface area contributed by atoms with Gasteiger partial charge in [-0.15, -0.1) is 0 Å². The van der Waals surface area contributed by atoms with Crippen molar-refractivity contribution in [3.63, 3.8) is 0 Å². The molecule has 1 aromatic rings. The van der Waals surface area contributed by atoms with E-state index in [4.69, 9.17) is 4.74 Å². The van der Waals surface area contributed by atoms with E-state index in [2.05, 4.69) is 15.9 Å². The summed E-state index contributed by atoms with van der Waals surface area (Å²) in [5.74, 6) is 0. The zero-order chi connectivity index (χ0) is 15.3. The SMILES string of the molecule is CCN(c1ccc(CBr)cc1C(F)(F)F)C(C)COC. The maximum atomic E-state index is 13.2. The van der Waals surface area contributed by atoms with Gasteiger partial charge in [-0.1, -0.05) is 22.0 Å². The number of likely N-dealkylation sites (N-methyl/N-ethyl adjacent to an activating group) is 1. The first-order chi connectivity index (χ1) is 9.35. The molecule has 1 aromatic carbocycles. The predicted octanol–water partition coefficient (Wildman–Crippen LogP) is 4.46. The van der Waals surface area contributed by atoms with Crippen molar-refractivity contribution < 1.29 is 17.9 Å². The Morgan fingerprint density at radius 2 is 2.00 bits per heavy atom. The zero-order valence-electron chi connectivity index (χ0n) is 11.8. The normalized spacial score (nSPS) is 13.3. The smallest absolute Gasteiger partial charge is 0.383 e. The first-order valence-electron chi connectivity index (χ1n) is 6.36. The lowest BCUT2D eigenvalue weighted by Gasteiger charge is -2.32. The van der Waals surface area contributed by atoms with Crippen LogP contribution in [0.15, 0.2) is 18.2 Å². The molecule has 0 bridgehead atoms. The molecule has 1 unspecified atom stereocenters. The van der Waals surface area contributed by atoms with Crippen molar-refractivity contribution in [1.82, 2.24) is 0 Å². The average Bonchev–Trinajstić information content (AvgIpc) is 2.39. The fourth-order valence-electron chi connectivity index (χ4n) is 2.19. The summed E-state index contributed by atoms with van der Waals surface area (Å²) in [7, 11) is 1.54. The van der Waals surface area contributed by atoms with Gasteiger partial charge in [-0.05, 0) is 31.5 Å². The quantitative estimate of drug-likeness (QED) is 0.700. The molecule has 0 saturated carbocycles. The van der Waals surface area contributed by atoms with E-state index < -0.39 is 11.7 Å². The van der Waals surface area contributed by atoms with Gasteiger partial charge in [0, 0.05) is 30.7 Å². The van der Waals surface area contributed by atoms with E-state index in [1.807, 2.05) is 13.8 Å². The molecule has 0 aliphatic carbocycles. The first-order valence-corrected chi connectivity index (χ1v) is 7.48. The Kier molecular flexibility index (Phi) is 6.33. The number of nitrogens with zero attached hydrogens (tertiary/aromatic N) is 1. The van der Waals surface area contributed by atoms with Gasteiger partial charge in [-0.3, -0.25) is 0 Å². The van der Waals surface area contributed by atoms with Crippen LogP contribution in [0.25, 0.3) is 0 Å². The van der Waals surface area contributed by atoms with Crippen LogP contribution in [0.5, 0.6) is 0 Å². The second-order valence-electron chi connectivity index (χ2n) is 4.57.